The van der Waals surface area contributed by atoms with Gasteiger partial charge in [0.1, 0.15) is 5.75 Å². The van der Waals surface area contributed by atoms with E-state index < -0.39 is 0 Å². The molecular formula is C16H27N3O. The van der Waals surface area contributed by atoms with E-state index in [1.165, 1.54) is 5.56 Å². The van der Waals surface area contributed by atoms with Crippen molar-refractivity contribution < 1.29 is 4.74 Å². The van der Waals surface area contributed by atoms with Gasteiger partial charge in [0.05, 0.1) is 6.61 Å². The Bertz CT molecular complexity index is 416. The molecule has 0 aliphatic rings. The molecule has 0 aliphatic heterocycles. The molecule has 0 atom stereocenters. The molecule has 4 nitrogen and oxygen atoms in total. The van der Waals surface area contributed by atoms with Gasteiger partial charge in [-0.3, -0.25) is 4.99 Å². The van der Waals surface area contributed by atoms with Crippen LogP contribution in [0.15, 0.2) is 29.3 Å². The third-order valence-corrected chi connectivity index (χ3v) is 2.69. The topological polar surface area (TPSA) is 45.7 Å². The van der Waals surface area contributed by atoms with Gasteiger partial charge in [-0.15, -0.1) is 0 Å². The van der Waals surface area contributed by atoms with Crippen LogP contribution < -0.4 is 15.4 Å². The predicted molar refractivity (Wildman–Crippen MR) is 85.5 cm³/mol. The Balaban J connectivity index is 2.30. The second-order valence-electron chi connectivity index (χ2n) is 5.03. The molecule has 0 saturated heterocycles. The van der Waals surface area contributed by atoms with Gasteiger partial charge in [0.15, 0.2) is 5.96 Å². The Morgan fingerprint density at radius 3 is 2.70 bits per heavy atom. The largest absolute Gasteiger partial charge is 0.493 e. The Labute approximate surface area is 122 Å². The highest BCUT2D eigenvalue weighted by molar-refractivity contribution is 5.79. The van der Waals surface area contributed by atoms with Crippen LogP contribution in [0.5, 0.6) is 5.75 Å². The Morgan fingerprint density at radius 2 is 2.05 bits per heavy atom. The van der Waals surface area contributed by atoms with E-state index in [0.29, 0.717) is 12.6 Å². The zero-order valence-corrected chi connectivity index (χ0v) is 13.1. The first-order valence-corrected chi connectivity index (χ1v) is 7.36. The van der Waals surface area contributed by atoms with Gasteiger partial charge in [0.25, 0.3) is 0 Å². The smallest absolute Gasteiger partial charge is 0.191 e. The number of nitrogens with one attached hydrogen (secondary N) is 2. The highest BCUT2D eigenvalue weighted by atomic mass is 16.5. The summed E-state index contributed by atoms with van der Waals surface area (Å²) in [6.45, 7) is 10.7. The number of para-hydroxylation sites is 1. The fraction of sp³-hybridized carbons (Fsp3) is 0.562. The standard InChI is InChI=1S/C16H27N3O/c1-5-17-16(19-13(2)3)18-11-8-12-20-15-10-7-6-9-14(15)4/h6-7,9-10,13H,5,8,11-12H2,1-4H3,(H2,17,18,19). The van der Waals surface area contributed by atoms with E-state index in [0.717, 1.165) is 31.2 Å². The maximum Gasteiger partial charge on any atom is 0.191 e. The zero-order valence-electron chi connectivity index (χ0n) is 13.1. The number of guanidine groups is 1. The highest BCUT2D eigenvalue weighted by Gasteiger charge is 2.00. The molecule has 0 aromatic heterocycles. The summed E-state index contributed by atoms with van der Waals surface area (Å²) in [7, 11) is 0. The van der Waals surface area contributed by atoms with Gasteiger partial charge in [-0.25, -0.2) is 0 Å². The summed E-state index contributed by atoms with van der Waals surface area (Å²) < 4.78 is 5.75. The van der Waals surface area contributed by atoms with E-state index in [4.69, 9.17) is 4.74 Å². The van der Waals surface area contributed by atoms with Crippen molar-refractivity contribution in [2.24, 2.45) is 4.99 Å². The molecule has 0 aliphatic carbocycles. The summed E-state index contributed by atoms with van der Waals surface area (Å²) in [6.07, 6.45) is 0.906. The summed E-state index contributed by atoms with van der Waals surface area (Å²) >= 11 is 0. The van der Waals surface area contributed by atoms with Gasteiger partial charge >= 0.3 is 0 Å². The first-order chi connectivity index (χ1) is 9.63. The molecule has 0 bridgehead atoms. The van der Waals surface area contributed by atoms with Crippen LogP contribution in [0, 0.1) is 6.92 Å². The summed E-state index contributed by atoms with van der Waals surface area (Å²) in [5, 5.41) is 6.53. The lowest BCUT2D eigenvalue weighted by molar-refractivity contribution is 0.311. The summed E-state index contributed by atoms with van der Waals surface area (Å²) in [6, 6.07) is 8.46. The SMILES string of the molecule is CCNC(=NCCCOc1ccccc1C)NC(C)C. The molecule has 0 unspecified atom stereocenters. The quantitative estimate of drug-likeness (QED) is 0.457. The van der Waals surface area contributed by atoms with Gasteiger partial charge in [-0.2, -0.15) is 0 Å². The summed E-state index contributed by atoms with van der Waals surface area (Å²) in [5.41, 5.74) is 1.17. The molecule has 20 heavy (non-hydrogen) atoms. The third kappa shape index (κ3) is 6.45. The van der Waals surface area contributed by atoms with E-state index >= 15 is 0 Å². The molecule has 0 saturated carbocycles. The predicted octanol–water partition coefficient (Wildman–Crippen LogP) is 2.73. The van der Waals surface area contributed by atoms with E-state index in [-0.39, 0.29) is 0 Å². The second kappa shape index (κ2) is 9.23. The lowest BCUT2D eigenvalue weighted by Gasteiger charge is -2.14. The molecule has 0 spiro atoms. The minimum atomic E-state index is 0.385. The molecule has 0 amide bonds. The van der Waals surface area contributed by atoms with Gasteiger partial charge in [-0.1, -0.05) is 18.2 Å². The van der Waals surface area contributed by atoms with E-state index in [1.54, 1.807) is 0 Å². The van der Waals surface area contributed by atoms with Gasteiger partial charge in [-0.05, 0) is 39.3 Å². The van der Waals surface area contributed by atoms with Crippen LogP contribution in [0.4, 0.5) is 0 Å². The maximum atomic E-state index is 5.75. The van der Waals surface area contributed by atoms with Gasteiger partial charge < -0.3 is 15.4 Å². The maximum absolute atomic E-state index is 5.75. The number of hydrogen-bond donors (Lipinski definition) is 2. The average Bonchev–Trinajstić information content (AvgIpc) is 2.40. The fourth-order valence-corrected chi connectivity index (χ4v) is 1.75. The normalized spacial score (nSPS) is 11.6. The number of benzene rings is 1. The van der Waals surface area contributed by atoms with E-state index in [1.807, 2.05) is 18.2 Å². The van der Waals surface area contributed by atoms with Crippen molar-refractivity contribution in [1.82, 2.24) is 10.6 Å². The van der Waals surface area contributed by atoms with Crippen molar-refractivity contribution in [1.29, 1.82) is 0 Å². The summed E-state index contributed by atoms with van der Waals surface area (Å²) in [5.74, 6) is 1.84. The second-order valence-corrected chi connectivity index (χ2v) is 5.03. The Hall–Kier alpha value is -1.71. The monoisotopic (exact) mass is 277 g/mol. The molecule has 1 aromatic carbocycles. The van der Waals surface area contributed by atoms with Crippen LogP contribution in [-0.4, -0.2) is 31.7 Å². The molecule has 1 rings (SSSR count). The zero-order chi connectivity index (χ0) is 14.8. The van der Waals surface area contributed by atoms with Crippen molar-refractivity contribution in [2.45, 2.75) is 40.2 Å². The first-order valence-electron chi connectivity index (χ1n) is 7.36. The number of nitrogens with zero attached hydrogens (tertiary/aromatic N) is 1. The van der Waals surface area contributed by atoms with Crippen molar-refractivity contribution in [2.75, 3.05) is 19.7 Å². The highest BCUT2D eigenvalue weighted by Crippen LogP contribution is 2.15. The van der Waals surface area contributed by atoms with Crippen LogP contribution in [-0.2, 0) is 0 Å². The van der Waals surface area contributed by atoms with Crippen molar-refractivity contribution in [3.63, 3.8) is 0 Å². The van der Waals surface area contributed by atoms with Gasteiger partial charge in [0.2, 0.25) is 0 Å². The molecule has 1 aromatic rings. The lowest BCUT2D eigenvalue weighted by atomic mass is 10.2. The number of ether oxygens (including phenoxy) is 1. The third-order valence-electron chi connectivity index (χ3n) is 2.69. The molecule has 2 N–H and O–H groups in total. The number of hydrogen-bond acceptors (Lipinski definition) is 2. The molecule has 112 valence electrons. The fourth-order valence-electron chi connectivity index (χ4n) is 1.75. The first kappa shape index (κ1) is 16.3. The number of rotatable bonds is 7. The van der Waals surface area contributed by atoms with Crippen LogP contribution in [0.2, 0.25) is 0 Å². The summed E-state index contributed by atoms with van der Waals surface area (Å²) in [4.78, 5) is 4.52. The van der Waals surface area contributed by atoms with Crippen LogP contribution in [0.25, 0.3) is 0 Å². The number of aryl methyl sites for hydroxylation is 1. The lowest BCUT2D eigenvalue weighted by Crippen LogP contribution is -2.41. The number of aliphatic imine (C=N–C) groups is 1. The molecule has 4 heteroatoms. The van der Waals surface area contributed by atoms with Crippen LogP contribution >= 0.6 is 0 Å². The van der Waals surface area contributed by atoms with Gasteiger partial charge in [0, 0.05) is 25.6 Å². The minimum Gasteiger partial charge on any atom is -0.493 e. The van der Waals surface area contributed by atoms with Crippen molar-refractivity contribution in [3.05, 3.63) is 29.8 Å². The van der Waals surface area contributed by atoms with Crippen LogP contribution in [0.3, 0.4) is 0 Å². The Kier molecular flexibility index (Phi) is 7.55. The van der Waals surface area contributed by atoms with Crippen molar-refractivity contribution >= 4 is 5.96 Å². The molecule has 0 heterocycles. The minimum absolute atomic E-state index is 0.385. The molecular weight excluding hydrogens is 250 g/mol. The average molecular weight is 277 g/mol. The van der Waals surface area contributed by atoms with E-state index in [9.17, 15) is 0 Å². The van der Waals surface area contributed by atoms with Crippen LogP contribution in [0.1, 0.15) is 32.8 Å². The Morgan fingerprint density at radius 1 is 1.30 bits per heavy atom. The van der Waals surface area contributed by atoms with E-state index in [2.05, 4.69) is 49.4 Å². The molecule has 0 fully saturated rings. The molecule has 0 radical (unpaired) electrons. The van der Waals surface area contributed by atoms with Crippen molar-refractivity contribution in [3.8, 4) is 5.75 Å².